The highest BCUT2D eigenvalue weighted by Gasteiger charge is 2.02. The number of phenolic OH excluding ortho intramolecular Hbond substituents is 1. The molecule has 2 N–H and O–H groups in total. The number of para-hydroxylation sites is 1. The summed E-state index contributed by atoms with van der Waals surface area (Å²) in [4.78, 5) is 11.7. The SMILES string of the molecule is Cc1ccc(C(=O)N/N=C/c2ccccc2O)cc1. The summed E-state index contributed by atoms with van der Waals surface area (Å²) in [5.74, 6) is -0.164. The van der Waals surface area contributed by atoms with E-state index in [-0.39, 0.29) is 11.7 Å². The number of hydrazone groups is 1. The topological polar surface area (TPSA) is 61.7 Å². The fraction of sp³-hybridized carbons (Fsp3) is 0.0667. The van der Waals surface area contributed by atoms with Crippen molar-refractivity contribution in [2.45, 2.75) is 6.92 Å². The normalized spacial score (nSPS) is 10.6. The van der Waals surface area contributed by atoms with Crippen LogP contribution in [0.25, 0.3) is 0 Å². The number of carbonyl (C=O) groups excluding carboxylic acids is 1. The standard InChI is InChI=1S/C15H14N2O2/c1-11-6-8-12(9-7-11)15(19)17-16-10-13-4-2-3-5-14(13)18/h2-10,18H,1H3,(H,17,19)/b16-10+. The molecule has 0 aliphatic rings. The van der Waals surface area contributed by atoms with Gasteiger partial charge in [-0.3, -0.25) is 4.79 Å². The number of nitrogens with zero attached hydrogens (tertiary/aromatic N) is 1. The van der Waals surface area contributed by atoms with E-state index < -0.39 is 0 Å². The number of amides is 1. The summed E-state index contributed by atoms with van der Waals surface area (Å²) < 4.78 is 0. The number of nitrogens with one attached hydrogen (secondary N) is 1. The quantitative estimate of drug-likeness (QED) is 0.653. The van der Waals surface area contributed by atoms with Crippen LogP contribution >= 0.6 is 0 Å². The van der Waals surface area contributed by atoms with Gasteiger partial charge in [-0.25, -0.2) is 5.43 Å². The highest BCUT2D eigenvalue weighted by molar-refractivity contribution is 5.95. The van der Waals surface area contributed by atoms with Gasteiger partial charge in [0.2, 0.25) is 0 Å². The molecule has 0 fully saturated rings. The van der Waals surface area contributed by atoms with Crippen LogP contribution in [0.5, 0.6) is 5.75 Å². The van der Waals surface area contributed by atoms with Crippen molar-refractivity contribution in [1.82, 2.24) is 5.43 Å². The first kappa shape index (κ1) is 12.8. The van der Waals surface area contributed by atoms with Gasteiger partial charge in [-0.2, -0.15) is 5.10 Å². The van der Waals surface area contributed by atoms with E-state index in [2.05, 4.69) is 10.5 Å². The first-order valence-electron chi connectivity index (χ1n) is 5.85. The van der Waals surface area contributed by atoms with Gasteiger partial charge in [0.25, 0.3) is 5.91 Å². The van der Waals surface area contributed by atoms with Crippen LogP contribution in [0.4, 0.5) is 0 Å². The lowest BCUT2D eigenvalue weighted by Crippen LogP contribution is -2.17. The third-order valence-electron chi connectivity index (χ3n) is 2.62. The molecule has 0 aliphatic carbocycles. The van der Waals surface area contributed by atoms with E-state index in [9.17, 15) is 9.90 Å². The lowest BCUT2D eigenvalue weighted by Gasteiger charge is -2.00. The van der Waals surface area contributed by atoms with Crippen molar-refractivity contribution in [3.63, 3.8) is 0 Å². The van der Waals surface area contributed by atoms with Crippen molar-refractivity contribution in [1.29, 1.82) is 0 Å². The van der Waals surface area contributed by atoms with Crippen LogP contribution < -0.4 is 5.43 Å². The van der Waals surface area contributed by atoms with E-state index in [1.807, 2.05) is 19.1 Å². The Balaban J connectivity index is 2.01. The molecule has 0 spiro atoms. The summed E-state index contributed by atoms with van der Waals surface area (Å²) >= 11 is 0. The summed E-state index contributed by atoms with van der Waals surface area (Å²) in [6.45, 7) is 1.96. The summed E-state index contributed by atoms with van der Waals surface area (Å²) in [5.41, 5.74) is 4.59. The van der Waals surface area contributed by atoms with E-state index >= 15 is 0 Å². The summed E-state index contributed by atoms with van der Waals surface area (Å²) in [7, 11) is 0. The predicted octanol–water partition coefficient (Wildman–Crippen LogP) is 2.46. The van der Waals surface area contributed by atoms with Gasteiger partial charge in [-0.1, -0.05) is 29.8 Å². The largest absolute Gasteiger partial charge is 0.507 e. The van der Waals surface area contributed by atoms with Crippen LogP contribution in [-0.4, -0.2) is 17.2 Å². The minimum atomic E-state index is -0.285. The molecule has 96 valence electrons. The van der Waals surface area contributed by atoms with Crippen LogP contribution in [0.3, 0.4) is 0 Å². The van der Waals surface area contributed by atoms with Crippen LogP contribution in [0.15, 0.2) is 53.6 Å². The zero-order valence-electron chi connectivity index (χ0n) is 10.5. The number of aryl methyl sites for hydroxylation is 1. The molecule has 2 aromatic carbocycles. The molecular weight excluding hydrogens is 240 g/mol. The number of carbonyl (C=O) groups is 1. The molecule has 0 radical (unpaired) electrons. The molecule has 1 amide bonds. The first-order chi connectivity index (χ1) is 9.16. The third-order valence-corrected chi connectivity index (χ3v) is 2.62. The second-order valence-electron chi connectivity index (χ2n) is 4.12. The number of hydrogen-bond acceptors (Lipinski definition) is 3. The average molecular weight is 254 g/mol. The van der Waals surface area contributed by atoms with E-state index in [0.717, 1.165) is 5.56 Å². The van der Waals surface area contributed by atoms with E-state index in [4.69, 9.17) is 0 Å². The average Bonchev–Trinajstić information content (AvgIpc) is 2.41. The monoisotopic (exact) mass is 254 g/mol. The molecular formula is C15H14N2O2. The minimum Gasteiger partial charge on any atom is -0.507 e. The van der Waals surface area contributed by atoms with Crippen molar-refractivity contribution < 1.29 is 9.90 Å². The van der Waals surface area contributed by atoms with Crippen LogP contribution in [0.1, 0.15) is 21.5 Å². The maximum absolute atomic E-state index is 11.7. The Hall–Kier alpha value is -2.62. The molecule has 2 rings (SSSR count). The number of benzene rings is 2. The smallest absolute Gasteiger partial charge is 0.271 e. The fourth-order valence-electron chi connectivity index (χ4n) is 1.53. The molecule has 0 aliphatic heterocycles. The Morgan fingerprint density at radius 3 is 2.53 bits per heavy atom. The number of phenols is 1. The fourth-order valence-corrected chi connectivity index (χ4v) is 1.53. The maximum atomic E-state index is 11.7. The maximum Gasteiger partial charge on any atom is 0.271 e. The summed E-state index contributed by atoms with van der Waals surface area (Å²) in [6.07, 6.45) is 1.40. The van der Waals surface area contributed by atoms with Gasteiger partial charge in [0.05, 0.1) is 6.21 Å². The van der Waals surface area contributed by atoms with Gasteiger partial charge in [-0.05, 0) is 31.2 Å². The van der Waals surface area contributed by atoms with Gasteiger partial charge < -0.3 is 5.11 Å². The number of hydrogen-bond donors (Lipinski definition) is 2. The van der Waals surface area contributed by atoms with Crippen molar-refractivity contribution in [2.24, 2.45) is 5.10 Å². The van der Waals surface area contributed by atoms with Gasteiger partial charge >= 0.3 is 0 Å². The Kier molecular flexibility index (Phi) is 3.93. The Morgan fingerprint density at radius 2 is 1.84 bits per heavy atom. The second-order valence-corrected chi connectivity index (χ2v) is 4.12. The van der Waals surface area contributed by atoms with E-state index in [1.165, 1.54) is 6.21 Å². The lowest BCUT2D eigenvalue weighted by atomic mass is 10.1. The van der Waals surface area contributed by atoms with Crippen molar-refractivity contribution in [2.75, 3.05) is 0 Å². The van der Waals surface area contributed by atoms with Crippen molar-refractivity contribution in [3.05, 3.63) is 65.2 Å². The molecule has 19 heavy (non-hydrogen) atoms. The Labute approximate surface area is 111 Å². The van der Waals surface area contributed by atoms with Gasteiger partial charge in [-0.15, -0.1) is 0 Å². The number of aromatic hydroxyl groups is 1. The molecule has 0 atom stereocenters. The molecule has 0 aromatic heterocycles. The zero-order chi connectivity index (χ0) is 13.7. The lowest BCUT2D eigenvalue weighted by molar-refractivity contribution is 0.0955. The van der Waals surface area contributed by atoms with Gasteiger partial charge in [0.1, 0.15) is 5.75 Å². The first-order valence-corrected chi connectivity index (χ1v) is 5.85. The predicted molar refractivity (Wildman–Crippen MR) is 74.3 cm³/mol. The van der Waals surface area contributed by atoms with Gasteiger partial charge in [0, 0.05) is 11.1 Å². The van der Waals surface area contributed by atoms with E-state index in [0.29, 0.717) is 11.1 Å². The third kappa shape index (κ3) is 3.42. The zero-order valence-corrected chi connectivity index (χ0v) is 10.5. The molecule has 0 bridgehead atoms. The molecule has 2 aromatic rings. The minimum absolute atomic E-state index is 0.121. The summed E-state index contributed by atoms with van der Waals surface area (Å²) in [5, 5.41) is 13.3. The second kappa shape index (κ2) is 5.82. The number of rotatable bonds is 3. The Morgan fingerprint density at radius 1 is 1.16 bits per heavy atom. The van der Waals surface area contributed by atoms with Crippen LogP contribution in [-0.2, 0) is 0 Å². The molecule has 0 saturated carbocycles. The molecule has 0 unspecified atom stereocenters. The molecule has 4 heteroatoms. The molecule has 4 nitrogen and oxygen atoms in total. The van der Waals surface area contributed by atoms with Gasteiger partial charge in [0.15, 0.2) is 0 Å². The highest BCUT2D eigenvalue weighted by Crippen LogP contribution is 2.12. The van der Waals surface area contributed by atoms with E-state index in [1.54, 1.807) is 36.4 Å². The van der Waals surface area contributed by atoms with Crippen LogP contribution in [0.2, 0.25) is 0 Å². The molecule has 0 heterocycles. The Bertz CT molecular complexity index is 604. The van der Waals surface area contributed by atoms with Crippen molar-refractivity contribution in [3.8, 4) is 5.75 Å². The van der Waals surface area contributed by atoms with Crippen LogP contribution in [0, 0.1) is 6.92 Å². The molecule has 0 saturated heterocycles. The van der Waals surface area contributed by atoms with Crippen molar-refractivity contribution >= 4 is 12.1 Å². The highest BCUT2D eigenvalue weighted by atomic mass is 16.3. The summed E-state index contributed by atoms with van der Waals surface area (Å²) in [6, 6.07) is 14.0.